The second-order valence-corrected chi connectivity index (χ2v) is 8.73. The molecule has 2 aromatic rings. The molecule has 1 aromatic heterocycles. The SMILES string of the molecule is COc1cc(NC(=O)c2sc(Br)cc2[N+](=O)[O-])ccc1OC(C)N1CCCC1. The van der Waals surface area contributed by atoms with E-state index in [0.717, 1.165) is 24.4 Å². The highest BCUT2D eigenvalue weighted by Crippen LogP contribution is 2.35. The molecule has 150 valence electrons. The lowest BCUT2D eigenvalue weighted by Gasteiger charge is -2.25. The molecule has 1 aliphatic heterocycles. The molecule has 1 amide bonds. The summed E-state index contributed by atoms with van der Waals surface area (Å²) in [5.41, 5.74) is 0.225. The molecule has 1 atom stereocenters. The molecule has 10 heteroatoms. The van der Waals surface area contributed by atoms with Gasteiger partial charge >= 0.3 is 0 Å². The Labute approximate surface area is 174 Å². The fourth-order valence-electron chi connectivity index (χ4n) is 3.04. The van der Waals surface area contributed by atoms with E-state index in [4.69, 9.17) is 9.47 Å². The van der Waals surface area contributed by atoms with Crippen LogP contribution in [0.15, 0.2) is 28.1 Å². The Hall–Kier alpha value is -2.17. The number of anilines is 1. The van der Waals surface area contributed by atoms with Crippen molar-refractivity contribution in [3.05, 3.63) is 43.0 Å². The van der Waals surface area contributed by atoms with Gasteiger partial charge in [0.2, 0.25) is 0 Å². The molecule has 0 bridgehead atoms. The maximum absolute atomic E-state index is 12.5. The van der Waals surface area contributed by atoms with Crippen LogP contribution in [0.5, 0.6) is 11.5 Å². The van der Waals surface area contributed by atoms with E-state index in [1.807, 2.05) is 6.92 Å². The third-order valence-corrected chi connectivity index (χ3v) is 6.09. The molecule has 0 radical (unpaired) electrons. The van der Waals surface area contributed by atoms with Crippen LogP contribution in [0.3, 0.4) is 0 Å². The minimum Gasteiger partial charge on any atom is -0.493 e. The van der Waals surface area contributed by atoms with Crippen molar-refractivity contribution in [2.24, 2.45) is 0 Å². The second-order valence-electron chi connectivity index (χ2n) is 6.30. The van der Waals surface area contributed by atoms with Crippen molar-refractivity contribution in [1.29, 1.82) is 0 Å². The Morgan fingerprint density at radius 3 is 2.68 bits per heavy atom. The van der Waals surface area contributed by atoms with Gasteiger partial charge in [-0.05, 0) is 47.8 Å². The lowest BCUT2D eigenvalue weighted by atomic mass is 10.2. The van der Waals surface area contributed by atoms with E-state index in [1.54, 1.807) is 18.2 Å². The monoisotopic (exact) mass is 469 g/mol. The first-order valence-electron chi connectivity index (χ1n) is 8.73. The van der Waals surface area contributed by atoms with Gasteiger partial charge in [-0.3, -0.25) is 19.8 Å². The number of benzene rings is 1. The van der Waals surface area contributed by atoms with E-state index < -0.39 is 10.8 Å². The summed E-state index contributed by atoms with van der Waals surface area (Å²) in [7, 11) is 1.52. The summed E-state index contributed by atoms with van der Waals surface area (Å²) < 4.78 is 11.9. The van der Waals surface area contributed by atoms with Crippen LogP contribution in [-0.2, 0) is 0 Å². The van der Waals surface area contributed by atoms with E-state index in [0.29, 0.717) is 21.0 Å². The summed E-state index contributed by atoms with van der Waals surface area (Å²) in [4.78, 5) is 25.3. The number of nitrogens with zero attached hydrogens (tertiary/aromatic N) is 2. The number of nitrogens with one attached hydrogen (secondary N) is 1. The van der Waals surface area contributed by atoms with E-state index in [-0.39, 0.29) is 16.8 Å². The molecule has 1 aromatic carbocycles. The number of nitro groups is 1. The lowest BCUT2D eigenvalue weighted by Crippen LogP contribution is -2.34. The predicted octanol–water partition coefficient (Wildman–Crippen LogP) is 4.50. The van der Waals surface area contributed by atoms with Crippen molar-refractivity contribution < 1.29 is 19.2 Å². The molecular weight excluding hydrogens is 450 g/mol. The fraction of sp³-hybridized carbons (Fsp3) is 0.389. The van der Waals surface area contributed by atoms with Crippen LogP contribution in [0.25, 0.3) is 0 Å². The van der Waals surface area contributed by atoms with Gasteiger partial charge in [0.1, 0.15) is 6.23 Å². The van der Waals surface area contributed by atoms with E-state index in [9.17, 15) is 14.9 Å². The molecular formula is C18H20BrN3O5S. The van der Waals surface area contributed by atoms with Crippen LogP contribution in [0.4, 0.5) is 11.4 Å². The van der Waals surface area contributed by atoms with Gasteiger partial charge in [-0.2, -0.15) is 0 Å². The van der Waals surface area contributed by atoms with Crippen molar-refractivity contribution in [2.45, 2.75) is 26.0 Å². The van der Waals surface area contributed by atoms with Gasteiger partial charge in [-0.15, -0.1) is 11.3 Å². The van der Waals surface area contributed by atoms with E-state index in [2.05, 4.69) is 26.1 Å². The number of methoxy groups -OCH3 is 1. The van der Waals surface area contributed by atoms with Gasteiger partial charge in [0.05, 0.1) is 15.8 Å². The minimum absolute atomic E-state index is 0.0267. The van der Waals surface area contributed by atoms with E-state index >= 15 is 0 Å². The third kappa shape index (κ3) is 4.62. The summed E-state index contributed by atoms with van der Waals surface area (Å²) in [6.07, 6.45) is 2.25. The molecule has 1 unspecified atom stereocenters. The number of thiophene rings is 1. The molecule has 2 heterocycles. The van der Waals surface area contributed by atoms with Gasteiger partial charge in [-0.25, -0.2) is 0 Å². The summed E-state index contributed by atoms with van der Waals surface area (Å²) in [5.74, 6) is 0.499. The van der Waals surface area contributed by atoms with Crippen molar-refractivity contribution in [2.75, 3.05) is 25.5 Å². The lowest BCUT2D eigenvalue weighted by molar-refractivity contribution is -0.384. The number of carbonyl (C=O) groups excluding carboxylic acids is 1. The molecule has 3 rings (SSSR count). The number of ether oxygens (including phenoxy) is 2. The zero-order valence-corrected chi connectivity index (χ0v) is 17.8. The van der Waals surface area contributed by atoms with Crippen molar-refractivity contribution in [3.63, 3.8) is 0 Å². The highest BCUT2D eigenvalue weighted by Gasteiger charge is 2.25. The molecule has 1 aliphatic rings. The number of carbonyl (C=O) groups is 1. The summed E-state index contributed by atoms with van der Waals surface area (Å²) in [6.45, 7) is 4.01. The number of hydrogen-bond donors (Lipinski definition) is 1. The predicted molar refractivity (Wildman–Crippen MR) is 111 cm³/mol. The molecule has 1 N–H and O–H groups in total. The van der Waals surface area contributed by atoms with Crippen molar-refractivity contribution >= 4 is 44.5 Å². The zero-order chi connectivity index (χ0) is 20.3. The number of likely N-dealkylation sites (tertiary alicyclic amines) is 1. The van der Waals surface area contributed by atoms with Crippen LogP contribution in [0, 0.1) is 10.1 Å². The van der Waals surface area contributed by atoms with Crippen LogP contribution < -0.4 is 14.8 Å². The van der Waals surface area contributed by atoms with Crippen LogP contribution in [-0.4, -0.2) is 42.2 Å². The Morgan fingerprint density at radius 1 is 1.32 bits per heavy atom. The van der Waals surface area contributed by atoms with Crippen molar-refractivity contribution in [1.82, 2.24) is 4.90 Å². The Morgan fingerprint density at radius 2 is 2.04 bits per heavy atom. The summed E-state index contributed by atoms with van der Waals surface area (Å²) >= 11 is 4.19. The molecule has 0 saturated carbocycles. The number of rotatable bonds is 7. The zero-order valence-electron chi connectivity index (χ0n) is 15.4. The number of halogens is 1. The largest absolute Gasteiger partial charge is 0.493 e. The van der Waals surface area contributed by atoms with Crippen LogP contribution in [0.1, 0.15) is 29.4 Å². The molecule has 28 heavy (non-hydrogen) atoms. The average Bonchev–Trinajstić information content (AvgIpc) is 3.32. The van der Waals surface area contributed by atoms with Crippen molar-refractivity contribution in [3.8, 4) is 11.5 Å². The van der Waals surface area contributed by atoms with Gasteiger partial charge in [0, 0.05) is 30.9 Å². The Kier molecular flexibility index (Phi) is 6.53. The fourth-order valence-corrected chi connectivity index (χ4v) is 4.49. The van der Waals surface area contributed by atoms with E-state index in [1.165, 1.54) is 26.0 Å². The maximum atomic E-state index is 12.5. The molecule has 0 spiro atoms. The van der Waals surface area contributed by atoms with Gasteiger partial charge in [-0.1, -0.05) is 0 Å². The maximum Gasteiger partial charge on any atom is 0.294 e. The first kappa shape index (κ1) is 20.6. The standard InChI is InChI=1S/C18H20BrN3O5S/c1-11(21-7-3-4-8-21)27-14-6-5-12(9-15(14)26-2)20-18(23)17-13(22(24)25)10-16(19)28-17/h5-6,9-11H,3-4,7-8H2,1-2H3,(H,20,23). The molecule has 8 nitrogen and oxygen atoms in total. The highest BCUT2D eigenvalue weighted by molar-refractivity contribution is 9.11. The average molecular weight is 470 g/mol. The smallest absolute Gasteiger partial charge is 0.294 e. The van der Waals surface area contributed by atoms with Gasteiger partial charge < -0.3 is 14.8 Å². The number of hydrogen-bond acceptors (Lipinski definition) is 7. The Bertz CT molecular complexity index is 882. The van der Waals surface area contributed by atoms with Gasteiger partial charge in [0.25, 0.3) is 11.6 Å². The highest BCUT2D eigenvalue weighted by atomic mass is 79.9. The minimum atomic E-state index is -0.576. The summed E-state index contributed by atoms with van der Waals surface area (Å²) in [6, 6.07) is 6.36. The second kappa shape index (κ2) is 8.89. The quantitative estimate of drug-likeness (QED) is 0.473. The first-order valence-corrected chi connectivity index (χ1v) is 10.3. The molecule has 1 saturated heterocycles. The summed E-state index contributed by atoms with van der Waals surface area (Å²) in [5, 5.41) is 13.8. The normalized spacial score (nSPS) is 15.2. The van der Waals surface area contributed by atoms with Gasteiger partial charge in [0.15, 0.2) is 16.4 Å². The van der Waals surface area contributed by atoms with Crippen LogP contribution in [0.2, 0.25) is 0 Å². The first-order chi connectivity index (χ1) is 13.4. The Balaban J connectivity index is 1.74. The van der Waals surface area contributed by atoms with Crippen LogP contribution >= 0.6 is 27.3 Å². The topological polar surface area (TPSA) is 93.9 Å². The molecule has 0 aliphatic carbocycles. The number of amides is 1. The third-order valence-electron chi connectivity index (χ3n) is 4.46. The molecule has 1 fully saturated rings.